The smallest absolute Gasteiger partial charge is 0.231 e. The SMILES string of the molecule is NC(=O)CNCc1ccncc1. The highest BCUT2D eigenvalue weighted by atomic mass is 16.1. The van der Waals surface area contributed by atoms with Gasteiger partial charge in [0.05, 0.1) is 6.54 Å². The van der Waals surface area contributed by atoms with Crippen LogP contribution in [-0.4, -0.2) is 17.4 Å². The van der Waals surface area contributed by atoms with Crippen LogP contribution >= 0.6 is 0 Å². The second-order valence-corrected chi connectivity index (χ2v) is 2.43. The molecular weight excluding hydrogens is 154 g/mol. The lowest BCUT2D eigenvalue weighted by Gasteiger charge is -2.00. The Morgan fingerprint density at radius 2 is 2.17 bits per heavy atom. The molecule has 4 nitrogen and oxygen atoms in total. The number of hydrogen-bond donors (Lipinski definition) is 2. The van der Waals surface area contributed by atoms with Crippen molar-refractivity contribution in [3.63, 3.8) is 0 Å². The number of amides is 1. The molecule has 0 fully saturated rings. The molecule has 1 amide bonds. The van der Waals surface area contributed by atoms with E-state index in [4.69, 9.17) is 5.73 Å². The van der Waals surface area contributed by atoms with Gasteiger partial charge in [0, 0.05) is 18.9 Å². The third-order valence-corrected chi connectivity index (χ3v) is 1.38. The number of nitrogens with zero attached hydrogens (tertiary/aromatic N) is 1. The number of aromatic nitrogens is 1. The van der Waals surface area contributed by atoms with E-state index in [0.717, 1.165) is 5.56 Å². The molecule has 4 heteroatoms. The standard InChI is InChI=1S/C8H11N3O/c9-8(12)6-11-5-7-1-3-10-4-2-7/h1-4,11H,5-6H2,(H2,9,12). The first-order valence-electron chi connectivity index (χ1n) is 3.67. The molecule has 12 heavy (non-hydrogen) atoms. The molecule has 0 radical (unpaired) electrons. The van der Waals surface area contributed by atoms with Gasteiger partial charge in [0.25, 0.3) is 0 Å². The zero-order valence-electron chi connectivity index (χ0n) is 6.66. The van der Waals surface area contributed by atoms with Crippen LogP contribution in [0.1, 0.15) is 5.56 Å². The van der Waals surface area contributed by atoms with Gasteiger partial charge in [-0.2, -0.15) is 0 Å². The molecule has 0 aliphatic rings. The van der Waals surface area contributed by atoms with E-state index in [1.54, 1.807) is 12.4 Å². The third kappa shape index (κ3) is 3.12. The van der Waals surface area contributed by atoms with Crippen LogP contribution in [0.3, 0.4) is 0 Å². The van der Waals surface area contributed by atoms with Crippen molar-refractivity contribution in [1.29, 1.82) is 0 Å². The van der Waals surface area contributed by atoms with E-state index in [1.165, 1.54) is 0 Å². The summed E-state index contributed by atoms with van der Waals surface area (Å²) in [5.41, 5.74) is 6.03. The van der Waals surface area contributed by atoms with Gasteiger partial charge < -0.3 is 11.1 Å². The minimum absolute atomic E-state index is 0.211. The molecule has 0 spiro atoms. The lowest BCUT2D eigenvalue weighted by Crippen LogP contribution is -2.28. The topological polar surface area (TPSA) is 68.0 Å². The van der Waals surface area contributed by atoms with Gasteiger partial charge in [0.15, 0.2) is 0 Å². The van der Waals surface area contributed by atoms with E-state index >= 15 is 0 Å². The first-order valence-corrected chi connectivity index (χ1v) is 3.67. The Morgan fingerprint density at radius 3 is 2.75 bits per heavy atom. The number of rotatable bonds is 4. The number of primary amides is 1. The van der Waals surface area contributed by atoms with Crippen molar-refractivity contribution in [1.82, 2.24) is 10.3 Å². The summed E-state index contributed by atoms with van der Waals surface area (Å²) in [7, 11) is 0. The zero-order valence-corrected chi connectivity index (χ0v) is 6.66. The molecule has 64 valence electrons. The van der Waals surface area contributed by atoms with Crippen molar-refractivity contribution in [3.8, 4) is 0 Å². The quantitative estimate of drug-likeness (QED) is 0.641. The minimum Gasteiger partial charge on any atom is -0.369 e. The highest BCUT2D eigenvalue weighted by molar-refractivity contribution is 5.75. The molecule has 0 aromatic carbocycles. The van der Waals surface area contributed by atoms with Crippen molar-refractivity contribution in [3.05, 3.63) is 30.1 Å². The van der Waals surface area contributed by atoms with Gasteiger partial charge in [0.2, 0.25) is 5.91 Å². The molecule has 1 aromatic heterocycles. The lowest BCUT2D eigenvalue weighted by molar-refractivity contribution is -0.117. The van der Waals surface area contributed by atoms with Gasteiger partial charge in [-0.3, -0.25) is 9.78 Å². The Morgan fingerprint density at radius 1 is 1.50 bits per heavy atom. The fraction of sp³-hybridized carbons (Fsp3) is 0.250. The summed E-state index contributed by atoms with van der Waals surface area (Å²) in [5.74, 6) is -0.343. The molecular formula is C8H11N3O. The van der Waals surface area contributed by atoms with Crippen molar-refractivity contribution in [2.75, 3.05) is 6.54 Å². The highest BCUT2D eigenvalue weighted by Gasteiger charge is 1.93. The van der Waals surface area contributed by atoms with Crippen LogP contribution in [0.4, 0.5) is 0 Å². The monoisotopic (exact) mass is 165 g/mol. The molecule has 0 saturated carbocycles. The number of hydrogen-bond acceptors (Lipinski definition) is 3. The van der Waals surface area contributed by atoms with E-state index in [2.05, 4.69) is 10.3 Å². The van der Waals surface area contributed by atoms with Crippen molar-refractivity contribution in [2.45, 2.75) is 6.54 Å². The maximum absolute atomic E-state index is 10.3. The van der Waals surface area contributed by atoms with Crippen LogP contribution in [0, 0.1) is 0 Å². The molecule has 0 bridgehead atoms. The molecule has 0 aliphatic heterocycles. The second-order valence-electron chi connectivity index (χ2n) is 2.43. The Labute approximate surface area is 70.8 Å². The summed E-state index contributed by atoms with van der Waals surface area (Å²) in [6, 6.07) is 3.77. The van der Waals surface area contributed by atoms with E-state index < -0.39 is 0 Å². The van der Waals surface area contributed by atoms with Gasteiger partial charge in [-0.1, -0.05) is 0 Å². The van der Waals surface area contributed by atoms with Gasteiger partial charge in [-0.15, -0.1) is 0 Å². The number of nitrogens with two attached hydrogens (primary N) is 1. The van der Waals surface area contributed by atoms with Crippen LogP contribution in [0.25, 0.3) is 0 Å². The van der Waals surface area contributed by atoms with Crippen LogP contribution in [-0.2, 0) is 11.3 Å². The van der Waals surface area contributed by atoms with Gasteiger partial charge in [-0.05, 0) is 17.7 Å². The molecule has 1 heterocycles. The average Bonchev–Trinajstić information content (AvgIpc) is 2.05. The van der Waals surface area contributed by atoms with E-state index in [9.17, 15) is 4.79 Å². The molecule has 0 atom stereocenters. The third-order valence-electron chi connectivity index (χ3n) is 1.38. The van der Waals surface area contributed by atoms with Crippen molar-refractivity contribution >= 4 is 5.91 Å². The number of nitrogens with one attached hydrogen (secondary N) is 1. The van der Waals surface area contributed by atoms with Crippen molar-refractivity contribution in [2.24, 2.45) is 5.73 Å². The molecule has 1 rings (SSSR count). The minimum atomic E-state index is -0.343. The average molecular weight is 165 g/mol. The predicted octanol–water partition coefficient (Wildman–Crippen LogP) is -0.343. The van der Waals surface area contributed by atoms with E-state index in [-0.39, 0.29) is 12.5 Å². The molecule has 1 aromatic rings. The Kier molecular flexibility index (Phi) is 3.22. The summed E-state index contributed by atoms with van der Waals surface area (Å²) < 4.78 is 0. The maximum atomic E-state index is 10.3. The highest BCUT2D eigenvalue weighted by Crippen LogP contribution is 1.93. The fourth-order valence-electron chi connectivity index (χ4n) is 0.831. The first-order chi connectivity index (χ1) is 5.79. The summed E-state index contributed by atoms with van der Waals surface area (Å²) in [6.07, 6.45) is 3.42. The maximum Gasteiger partial charge on any atom is 0.231 e. The van der Waals surface area contributed by atoms with Crippen LogP contribution in [0.2, 0.25) is 0 Å². The predicted molar refractivity (Wildman–Crippen MR) is 45.1 cm³/mol. The number of carbonyl (C=O) groups is 1. The van der Waals surface area contributed by atoms with E-state index in [1.807, 2.05) is 12.1 Å². The van der Waals surface area contributed by atoms with Crippen LogP contribution in [0.15, 0.2) is 24.5 Å². The summed E-state index contributed by atoms with van der Waals surface area (Å²) in [4.78, 5) is 14.2. The Balaban J connectivity index is 2.29. The number of pyridine rings is 1. The van der Waals surface area contributed by atoms with Gasteiger partial charge in [-0.25, -0.2) is 0 Å². The molecule has 0 aliphatic carbocycles. The van der Waals surface area contributed by atoms with Crippen molar-refractivity contribution < 1.29 is 4.79 Å². The van der Waals surface area contributed by atoms with Crippen LogP contribution in [0.5, 0.6) is 0 Å². The lowest BCUT2D eigenvalue weighted by atomic mass is 10.3. The first kappa shape index (κ1) is 8.67. The summed E-state index contributed by atoms with van der Waals surface area (Å²) in [6.45, 7) is 0.855. The van der Waals surface area contributed by atoms with Crippen LogP contribution < -0.4 is 11.1 Å². The molecule has 3 N–H and O–H groups in total. The normalized spacial score (nSPS) is 9.67. The second kappa shape index (κ2) is 4.46. The summed E-state index contributed by atoms with van der Waals surface area (Å²) in [5, 5.41) is 2.90. The molecule has 0 unspecified atom stereocenters. The number of carbonyl (C=O) groups excluding carboxylic acids is 1. The zero-order chi connectivity index (χ0) is 8.81. The van der Waals surface area contributed by atoms with E-state index in [0.29, 0.717) is 6.54 Å². The Bertz CT molecular complexity index is 248. The van der Waals surface area contributed by atoms with Gasteiger partial charge >= 0.3 is 0 Å². The largest absolute Gasteiger partial charge is 0.369 e. The van der Waals surface area contributed by atoms with Gasteiger partial charge in [0.1, 0.15) is 0 Å². The Hall–Kier alpha value is -1.42. The molecule has 0 saturated heterocycles. The summed E-state index contributed by atoms with van der Waals surface area (Å²) >= 11 is 0. The fourth-order valence-corrected chi connectivity index (χ4v) is 0.831.